The quantitative estimate of drug-likeness (QED) is 0.0914. The summed E-state index contributed by atoms with van der Waals surface area (Å²) in [5.74, 6) is -2.05. The number of aryl methyl sites for hydroxylation is 1. The second-order valence-electron chi connectivity index (χ2n) is 18.4. The van der Waals surface area contributed by atoms with Crippen molar-refractivity contribution in [2.45, 2.75) is 111 Å². The van der Waals surface area contributed by atoms with Gasteiger partial charge in [-0.05, 0) is 80.5 Å². The first-order chi connectivity index (χ1) is 30.5. The van der Waals surface area contributed by atoms with Crippen molar-refractivity contribution in [1.29, 1.82) is 0 Å². The molecule has 2 N–H and O–H groups in total. The monoisotopic (exact) mass is 879 g/mol. The van der Waals surface area contributed by atoms with Crippen LogP contribution < -0.4 is 10.7 Å². The van der Waals surface area contributed by atoms with Crippen LogP contribution in [-0.2, 0) is 48.2 Å². The van der Waals surface area contributed by atoms with E-state index in [1.165, 1.54) is 16.1 Å². The Kier molecular flexibility index (Phi) is 13.7. The number of ether oxygens (including phenoxy) is 2. The fraction of sp³-hybridized carbons (Fsp3) is 0.532. The zero-order valence-electron chi connectivity index (χ0n) is 38.4. The van der Waals surface area contributed by atoms with Crippen molar-refractivity contribution in [1.82, 2.24) is 45.0 Å². The van der Waals surface area contributed by atoms with Crippen molar-refractivity contribution in [3.8, 4) is 22.4 Å². The molecule has 0 aliphatic carbocycles. The van der Waals surface area contributed by atoms with Crippen LogP contribution in [0.15, 0.2) is 61.6 Å². The first kappa shape index (κ1) is 46.1. The Labute approximate surface area is 374 Å². The maximum atomic E-state index is 14.6. The molecule has 3 aliphatic heterocycles. The summed E-state index contributed by atoms with van der Waals surface area (Å²) in [4.78, 5) is 76.0. The normalized spacial score (nSPS) is 21.3. The van der Waals surface area contributed by atoms with Gasteiger partial charge in [-0.1, -0.05) is 40.3 Å². The Hall–Kier alpha value is -5.94. The summed E-state index contributed by atoms with van der Waals surface area (Å²) in [6.07, 6.45) is 8.36. The topological polar surface area (TPSA) is 176 Å². The Morgan fingerprint density at radius 3 is 2.64 bits per heavy atom. The van der Waals surface area contributed by atoms with E-state index in [2.05, 4.69) is 66.9 Å². The Bertz CT molecular complexity index is 2420. The number of nitroso groups, excluding NO2 is 1. The summed E-state index contributed by atoms with van der Waals surface area (Å²) in [5.41, 5.74) is 9.30. The number of rotatable bonds is 11. The van der Waals surface area contributed by atoms with E-state index < -0.39 is 47.4 Å². The number of hydrogen-bond acceptors (Lipinski definition) is 10. The van der Waals surface area contributed by atoms with Crippen molar-refractivity contribution in [3.63, 3.8) is 0 Å². The first-order valence-corrected chi connectivity index (χ1v) is 22.4. The molecule has 0 saturated carbocycles. The molecule has 6 heterocycles. The zero-order valence-corrected chi connectivity index (χ0v) is 38.4. The lowest BCUT2D eigenvalue weighted by atomic mass is 9.84. The minimum Gasteiger partial charge on any atom is -0.464 e. The maximum absolute atomic E-state index is 14.6. The molecular formula is C47H63N10O7+. The van der Waals surface area contributed by atoms with Crippen LogP contribution in [0.1, 0.15) is 78.2 Å². The van der Waals surface area contributed by atoms with Crippen molar-refractivity contribution < 1.29 is 33.5 Å². The molecule has 4 aromatic rings. The number of cyclic esters (lactones) is 1. The minimum atomic E-state index is -1.14. The van der Waals surface area contributed by atoms with Gasteiger partial charge < -0.3 is 24.3 Å². The molecule has 0 radical (unpaired) electrons. The van der Waals surface area contributed by atoms with Gasteiger partial charge in [0.1, 0.15) is 17.0 Å². The average Bonchev–Trinajstić information content (AvgIpc) is 4.05. The number of methoxy groups -OCH3 is 1. The van der Waals surface area contributed by atoms with Gasteiger partial charge in [0.2, 0.25) is 11.8 Å². The second kappa shape index (κ2) is 19.0. The highest BCUT2D eigenvalue weighted by atomic mass is 16.5. The number of hydrogen-bond donors (Lipinski definition) is 2. The summed E-state index contributed by atoms with van der Waals surface area (Å²) in [7, 11) is 3.24. The summed E-state index contributed by atoms with van der Waals surface area (Å²) in [5, 5.41) is 11.5. The van der Waals surface area contributed by atoms with Gasteiger partial charge in [-0.3, -0.25) is 33.9 Å². The van der Waals surface area contributed by atoms with Gasteiger partial charge in [0.15, 0.2) is 6.04 Å². The molecule has 2 saturated heterocycles. The zero-order chi connectivity index (χ0) is 46.0. The fourth-order valence-corrected chi connectivity index (χ4v) is 9.45. The lowest BCUT2D eigenvalue weighted by Crippen LogP contribution is -2.62. The standard InChI is InChI=1S/C47H62N10O7/c1-10-40(58)53-21-18-33(26-53)57(62)52(8)42(29(3)4)44(59)50-38-27-54-25-32(24-49-54)31-16-17-39-35(22-31)36(43(55(39)11-2)34-14-12-19-48-41(34)30(5)63-9)23-47(6,7)28-64-46(61)37-15-13-20-56(51-37)45(38)60/h10,12,14,16-17,19,22,24-25,29-30,33,37-38,42,51H,1,11,13,15,18,20-21,23,26-28H2,2-9H3/p+1/t30-,33-,37-,38-,42-/m0/s1. The molecule has 0 spiro atoms. The molecule has 17 heteroatoms. The van der Waals surface area contributed by atoms with E-state index in [-0.39, 0.29) is 37.6 Å². The highest BCUT2D eigenvalue weighted by Crippen LogP contribution is 2.42. The highest BCUT2D eigenvalue weighted by molar-refractivity contribution is 5.95. The third-order valence-corrected chi connectivity index (χ3v) is 12.8. The van der Waals surface area contributed by atoms with Crippen LogP contribution in [0.2, 0.25) is 0 Å². The van der Waals surface area contributed by atoms with Crippen LogP contribution in [0.25, 0.3) is 33.3 Å². The van der Waals surface area contributed by atoms with Gasteiger partial charge in [0.05, 0.1) is 55.3 Å². The Morgan fingerprint density at radius 2 is 1.92 bits per heavy atom. The SMILES string of the molecule is C=CC(=O)N1CC[C@H]([N+](=O)N(C)[C@H](C(=O)N[C@H]2Cn3cc(cn3)-c3ccc4c(c3)c(c(-c3cccnc3[C@H](C)OC)n4CC)CC(C)(C)COC(=O)[C@@H]3CCCN(N3)C2=O)C(C)C)C1. The van der Waals surface area contributed by atoms with Gasteiger partial charge in [-0.15, -0.1) is 5.01 Å². The van der Waals surface area contributed by atoms with E-state index in [1.807, 2.05) is 33.0 Å². The van der Waals surface area contributed by atoms with Crippen molar-refractivity contribution in [2.75, 3.05) is 40.4 Å². The molecule has 17 nitrogen and oxygen atoms in total. The second-order valence-corrected chi connectivity index (χ2v) is 18.4. The molecule has 3 amide bonds. The number of hydrazine groups is 2. The lowest BCUT2D eigenvalue weighted by Gasteiger charge is -2.36. The molecule has 2 fully saturated rings. The van der Waals surface area contributed by atoms with Gasteiger partial charge in [-0.25, -0.2) is 5.43 Å². The van der Waals surface area contributed by atoms with E-state index in [1.54, 1.807) is 36.1 Å². The molecule has 342 valence electrons. The van der Waals surface area contributed by atoms with Crippen LogP contribution in [0, 0.1) is 16.2 Å². The largest absolute Gasteiger partial charge is 0.464 e. The average molecular weight is 880 g/mol. The van der Waals surface area contributed by atoms with Crippen molar-refractivity contribution in [3.05, 3.63) is 77.7 Å². The summed E-state index contributed by atoms with van der Waals surface area (Å²) < 4.78 is 15.8. The molecule has 7 rings (SSSR count). The summed E-state index contributed by atoms with van der Waals surface area (Å²) in [6.45, 7) is 17.2. The lowest BCUT2D eigenvalue weighted by molar-refractivity contribution is -0.732. The predicted molar refractivity (Wildman–Crippen MR) is 241 cm³/mol. The number of nitrogens with one attached hydrogen (secondary N) is 2. The molecule has 6 bridgehead atoms. The number of carbonyl (C=O) groups excluding carboxylic acids is 4. The van der Waals surface area contributed by atoms with Crippen LogP contribution in [0.4, 0.5) is 0 Å². The molecule has 3 aromatic heterocycles. The number of aromatic nitrogens is 4. The third-order valence-electron chi connectivity index (χ3n) is 12.8. The number of pyridine rings is 1. The van der Waals surface area contributed by atoms with E-state index >= 15 is 0 Å². The van der Waals surface area contributed by atoms with Crippen molar-refractivity contribution >= 4 is 34.6 Å². The van der Waals surface area contributed by atoms with Crippen LogP contribution in [0.5, 0.6) is 0 Å². The van der Waals surface area contributed by atoms with E-state index in [9.17, 15) is 24.1 Å². The van der Waals surface area contributed by atoms with Gasteiger partial charge >= 0.3 is 5.97 Å². The smallest absolute Gasteiger partial charge is 0.324 e. The highest BCUT2D eigenvalue weighted by Gasteiger charge is 2.44. The molecule has 3 aliphatic rings. The van der Waals surface area contributed by atoms with Crippen LogP contribution in [-0.4, -0.2) is 127 Å². The van der Waals surface area contributed by atoms with E-state index in [4.69, 9.17) is 19.6 Å². The predicted octanol–water partition coefficient (Wildman–Crippen LogP) is 4.84. The molecule has 64 heavy (non-hydrogen) atoms. The summed E-state index contributed by atoms with van der Waals surface area (Å²) in [6, 6.07) is 6.93. The molecule has 5 atom stereocenters. The van der Waals surface area contributed by atoms with E-state index in [0.717, 1.165) is 49.4 Å². The Balaban J connectivity index is 1.27. The number of benzene rings is 1. The number of carbonyl (C=O) groups is 4. The number of likely N-dealkylation sites (tertiary alicyclic amines) is 1. The van der Waals surface area contributed by atoms with Gasteiger partial charge in [-0.2, -0.15) is 5.10 Å². The summed E-state index contributed by atoms with van der Waals surface area (Å²) >= 11 is 0. The number of esters is 1. The molecule has 0 unspecified atom stereocenters. The van der Waals surface area contributed by atoms with Gasteiger partial charge in [0.25, 0.3) is 11.9 Å². The number of fused-ring (bicyclic) bond motifs is 6. The third kappa shape index (κ3) is 9.32. The minimum absolute atomic E-state index is 0.0335. The van der Waals surface area contributed by atoms with Crippen molar-refractivity contribution in [2.24, 2.45) is 11.3 Å². The molecule has 1 aromatic carbocycles. The fourth-order valence-electron chi connectivity index (χ4n) is 9.45. The first-order valence-electron chi connectivity index (χ1n) is 22.4. The van der Waals surface area contributed by atoms with Gasteiger partial charge in [0, 0.05) is 73.0 Å². The van der Waals surface area contributed by atoms with Crippen LogP contribution >= 0.6 is 0 Å². The number of amides is 3. The molecular weight excluding hydrogens is 817 g/mol. The van der Waals surface area contributed by atoms with Crippen LogP contribution in [0.3, 0.4) is 0 Å². The maximum Gasteiger partial charge on any atom is 0.324 e. The Morgan fingerprint density at radius 1 is 1.14 bits per heavy atom. The number of likely N-dealkylation sites (N-methyl/N-ethyl adjacent to an activating group) is 1. The number of nitrogens with zero attached hydrogens (tertiary/aromatic N) is 8. The van der Waals surface area contributed by atoms with E-state index in [0.29, 0.717) is 45.3 Å².